The molecule has 10 nitrogen and oxygen atoms in total. The van der Waals surface area contributed by atoms with E-state index in [1.165, 1.54) is 23.6 Å². The summed E-state index contributed by atoms with van der Waals surface area (Å²) in [5.74, 6) is -2.42. The normalized spacial score (nSPS) is 19.1. The van der Waals surface area contributed by atoms with Gasteiger partial charge in [0.05, 0.1) is 12.1 Å². The summed E-state index contributed by atoms with van der Waals surface area (Å²) in [5.41, 5.74) is 7.03. The summed E-state index contributed by atoms with van der Waals surface area (Å²) >= 11 is 1.44. The maximum absolute atomic E-state index is 13.0. The Balaban J connectivity index is 2.04. The van der Waals surface area contributed by atoms with Crippen molar-refractivity contribution in [2.45, 2.75) is 62.9 Å². The Labute approximate surface area is 203 Å². The number of aliphatic hydroxyl groups is 1. The minimum absolute atomic E-state index is 0.201. The molecule has 5 unspecified atom stereocenters. The highest BCUT2D eigenvalue weighted by molar-refractivity contribution is 7.98. The zero-order valence-corrected chi connectivity index (χ0v) is 20.3. The molecule has 1 aliphatic rings. The van der Waals surface area contributed by atoms with E-state index in [1.807, 2.05) is 36.6 Å². The number of amides is 3. The molecule has 0 spiro atoms. The molecule has 2 rings (SSSR count). The van der Waals surface area contributed by atoms with Crippen LogP contribution in [0.5, 0.6) is 0 Å². The van der Waals surface area contributed by atoms with E-state index in [0.717, 1.165) is 5.56 Å². The lowest BCUT2D eigenvalue weighted by Gasteiger charge is -2.29. The summed E-state index contributed by atoms with van der Waals surface area (Å²) in [5, 5.41) is 24.3. The molecule has 1 heterocycles. The summed E-state index contributed by atoms with van der Waals surface area (Å²) in [6.07, 6.45) is 2.08. The first-order chi connectivity index (χ1) is 16.1. The number of nitrogens with zero attached hydrogens (tertiary/aromatic N) is 1. The van der Waals surface area contributed by atoms with Gasteiger partial charge in [0, 0.05) is 6.54 Å². The molecule has 188 valence electrons. The Hall–Kier alpha value is -2.63. The van der Waals surface area contributed by atoms with Crippen LogP contribution in [0.25, 0.3) is 0 Å². The van der Waals surface area contributed by atoms with E-state index in [9.17, 15) is 29.4 Å². The van der Waals surface area contributed by atoms with Gasteiger partial charge in [0.2, 0.25) is 17.7 Å². The largest absolute Gasteiger partial charge is 0.480 e. The zero-order valence-electron chi connectivity index (χ0n) is 19.5. The first-order valence-corrected chi connectivity index (χ1v) is 12.7. The number of rotatable bonds is 12. The number of thioether (sulfide) groups is 1. The smallest absolute Gasteiger partial charge is 0.326 e. The van der Waals surface area contributed by atoms with Gasteiger partial charge in [-0.3, -0.25) is 14.4 Å². The van der Waals surface area contributed by atoms with Crippen LogP contribution in [0.15, 0.2) is 30.3 Å². The Morgan fingerprint density at radius 3 is 2.47 bits per heavy atom. The standard InChI is InChI=1S/C23H34N4O6S/c1-14(28)19(21(30)25-17(23(32)33)10-12-34-2)26-20(29)18-9-6-11-27(18)22(31)16(24)13-15-7-4-3-5-8-15/h3-5,7-8,14,16-19,28H,6,9-13,24H2,1-2H3,(H,25,30)(H,26,29)(H,32,33). The second-order valence-corrected chi connectivity index (χ2v) is 9.38. The van der Waals surface area contributed by atoms with Crippen molar-refractivity contribution in [3.05, 3.63) is 35.9 Å². The number of aliphatic carboxylic acids is 1. The van der Waals surface area contributed by atoms with Gasteiger partial charge in [0.15, 0.2) is 0 Å². The lowest BCUT2D eigenvalue weighted by atomic mass is 10.0. The van der Waals surface area contributed by atoms with Crippen molar-refractivity contribution < 1.29 is 29.4 Å². The quantitative estimate of drug-likeness (QED) is 0.265. The molecule has 1 fully saturated rings. The van der Waals surface area contributed by atoms with Crippen LogP contribution >= 0.6 is 11.8 Å². The third kappa shape index (κ3) is 7.71. The minimum atomic E-state index is -1.36. The summed E-state index contributed by atoms with van der Waals surface area (Å²) < 4.78 is 0. The minimum Gasteiger partial charge on any atom is -0.480 e. The van der Waals surface area contributed by atoms with Crippen LogP contribution in [0.3, 0.4) is 0 Å². The van der Waals surface area contributed by atoms with E-state index in [4.69, 9.17) is 5.73 Å². The van der Waals surface area contributed by atoms with E-state index < -0.39 is 48.1 Å². The lowest BCUT2D eigenvalue weighted by molar-refractivity contribution is -0.144. The molecule has 1 aromatic carbocycles. The van der Waals surface area contributed by atoms with E-state index in [0.29, 0.717) is 31.6 Å². The number of nitrogens with two attached hydrogens (primary N) is 1. The van der Waals surface area contributed by atoms with Gasteiger partial charge in [-0.1, -0.05) is 30.3 Å². The molecular formula is C23H34N4O6S. The zero-order chi connectivity index (χ0) is 25.3. The van der Waals surface area contributed by atoms with Crippen LogP contribution in [0.4, 0.5) is 0 Å². The molecule has 3 amide bonds. The Morgan fingerprint density at radius 1 is 1.21 bits per heavy atom. The molecule has 11 heteroatoms. The second kappa shape index (κ2) is 13.3. The third-order valence-corrected chi connectivity index (χ3v) is 6.39. The van der Waals surface area contributed by atoms with Crippen LogP contribution in [-0.4, -0.2) is 87.6 Å². The van der Waals surface area contributed by atoms with Crippen molar-refractivity contribution in [2.24, 2.45) is 5.73 Å². The predicted octanol–water partition coefficient (Wildman–Crippen LogP) is -0.264. The maximum Gasteiger partial charge on any atom is 0.326 e. The first-order valence-electron chi connectivity index (χ1n) is 11.3. The summed E-state index contributed by atoms with van der Waals surface area (Å²) in [7, 11) is 0. The number of carbonyl (C=O) groups is 4. The highest BCUT2D eigenvalue weighted by atomic mass is 32.2. The Kier molecular flexibility index (Phi) is 10.8. The van der Waals surface area contributed by atoms with E-state index in [1.54, 1.807) is 0 Å². The number of benzene rings is 1. The molecule has 1 aliphatic heterocycles. The monoisotopic (exact) mass is 494 g/mol. The number of hydrogen-bond donors (Lipinski definition) is 5. The van der Waals surface area contributed by atoms with Crippen molar-refractivity contribution in [1.29, 1.82) is 0 Å². The average molecular weight is 495 g/mol. The molecule has 0 aliphatic carbocycles. The number of nitrogens with one attached hydrogen (secondary N) is 2. The molecule has 0 bridgehead atoms. The summed E-state index contributed by atoms with van der Waals surface area (Å²) in [4.78, 5) is 51.5. The summed E-state index contributed by atoms with van der Waals surface area (Å²) in [6.45, 7) is 1.69. The van der Waals surface area contributed by atoms with Gasteiger partial charge in [-0.05, 0) is 50.2 Å². The van der Waals surface area contributed by atoms with Gasteiger partial charge >= 0.3 is 5.97 Å². The molecule has 0 radical (unpaired) electrons. The number of carbonyl (C=O) groups excluding carboxylic acids is 3. The third-order valence-electron chi connectivity index (χ3n) is 5.74. The van der Waals surface area contributed by atoms with Gasteiger partial charge in [-0.15, -0.1) is 0 Å². The van der Waals surface area contributed by atoms with Crippen LogP contribution in [0.2, 0.25) is 0 Å². The molecule has 6 N–H and O–H groups in total. The fraction of sp³-hybridized carbons (Fsp3) is 0.565. The van der Waals surface area contributed by atoms with Gasteiger partial charge in [-0.25, -0.2) is 4.79 Å². The number of carboxylic acid groups (broad SMARTS) is 1. The molecule has 1 saturated heterocycles. The Bertz CT molecular complexity index is 853. The SMILES string of the molecule is CSCCC(NC(=O)C(NC(=O)C1CCCN1C(=O)C(N)Cc1ccccc1)C(C)O)C(=O)O. The van der Waals surface area contributed by atoms with E-state index in [2.05, 4.69) is 10.6 Å². The maximum atomic E-state index is 13.0. The van der Waals surface area contributed by atoms with Crippen molar-refractivity contribution >= 4 is 35.5 Å². The van der Waals surface area contributed by atoms with Gasteiger partial charge in [0.1, 0.15) is 18.1 Å². The lowest BCUT2D eigenvalue weighted by Crippen LogP contribution is -2.59. The molecule has 1 aromatic rings. The average Bonchev–Trinajstić information content (AvgIpc) is 3.29. The van der Waals surface area contributed by atoms with Crippen LogP contribution < -0.4 is 16.4 Å². The fourth-order valence-corrected chi connectivity index (χ4v) is 4.35. The van der Waals surface area contributed by atoms with Gasteiger partial charge in [0.25, 0.3) is 0 Å². The molecular weight excluding hydrogens is 460 g/mol. The van der Waals surface area contributed by atoms with Gasteiger partial charge in [-0.2, -0.15) is 11.8 Å². The van der Waals surface area contributed by atoms with Crippen molar-refractivity contribution in [3.63, 3.8) is 0 Å². The van der Waals surface area contributed by atoms with Crippen molar-refractivity contribution in [2.75, 3.05) is 18.6 Å². The van der Waals surface area contributed by atoms with Crippen molar-refractivity contribution in [1.82, 2.24) is 15.5 Å². The highest BCUT2D eigenvalue weighted by Gasteiger charge is 2.38. The predicted molar refractivity (Wildman–Crippen MR) is 129 cm³/mol. The molecule has 34 heavy (non-hydrogen) atoms. The van der Waals surface area contributed by atoms with Gasteiger partial charge < -0.3 is 31.5 Å². The number of hydrogen-bond acceptors (Lipinski definition) is 7. The molecule has 5 atom stereocenters. The van der Waals surface area contributed by atoms with Crippen LogP contribution in [-0.2, 0) is 25.6 Å². The summed E-state index contributed by atoms with van der Waals surface area (Å²) in [6, 6.07) is 5.18. The second-order valence-electron chi connectivity index (χ2n) is 8.39. The highest BCUT2D eigenvalue weighted by Crippen LogP contribution is 2.19. The first kappa shape index (κ1) is 27.6. The number of likely N-dealkylation sites (tertiary alicyclic amines) is 1. The fourth-order valence-electron chi connectivity index (χ4n) is 3.88. The molecule has 0 saturated carbocycles. The van der Waals surface area contributed by atoms with Crippen LogP contribution in [0, 0.1) is 0 Å². The Morgan fingerprint density at radius 2 is 1.88 bits per heavy atom. The van der Waals surface area contributed by atoms with Crippen molar-refractivity contribution in [3.8, 4) is 0 Å². The molecule has 0 aromatic heterocycles. The van der Waals surface area contributed by atoms with E-state index >= 15 is 0 Å². The van der Waals surface area contributed by atoms with E-state index in [-0.39, 0.29) is 12.3 Å². The number of carboxylic acids is 1. The van der Waals surface area contributed by atoms with Crippen LogP contribution in [0.1, 0.15) is 31.7 Å². The number of aliphatic hydroxyl groups excluding tert-OH is 1. The topological polar surface area (TPSA) is 162 Å².